The molecule has 0 N–H and O–H groups in total. The van der Waals surface area contributed by atoms with Gasteiger partial charge in [0.1, 0.15) is 0 Å². The maximum absolute atomic E-state index is 10.6. The van der Waals surface area contributed by atoms with Crippen molar-refractivity contribution < 1.29 is 17.3 Å². The van der Waals surface area contributed by atoms with Crippen LogP contribution in [0.1, 0.15) is 25.7 Å². The number of ether oxygens (including phenoxy) is 1. The molecule has 0 aliphatic carbocycles. The molecule has 78 valence electrons. The summed E-state index contributed by atoms with van der Waals surface area (Å²) in [5.41, 5.74) is 0. The highest BCUT2D eigenvalue weighted by Crippen LogP contribution is 2.15. The molecule has 0 spiro atoms. The quantitative estimate of drug-likeness (QED) is 0.645. The molecule has 1 atom stereocenters. The lowest BCUT2D eigenvalue weighted by molar-refractivity contribution is 0.00457. The van der Waals surface area contributed by atoms with Gasteiger partial charge < -0.3 is 4.74 Å². The fourth-order valence-electron chi connectivity index (χ4n) is 1.37. The Morgan fingerprint density at radius 1 is 1.46 bits per heavy atom. The van der Waals surface area contributed by atoms with Crippen LogP contribution in [0.25, 0.3) is 0 Å². The van der Waals surface area contributed by atoms with Crippen LogP contribution < -0.4 is 0 Å². The lowest BCUT2D eigenvalue weighted by Crippen LogP contribution is -2.21. The van der Waals surface area contributed by atoms with Gasteiger partial charge in [-0.3, -0.25) is 4.18 Å². The molecule has 1 unspecified atom stereocenters. The molecule has 1 aliphatic heterocycles. The van der Waals surface area contributed by atoms with Gasteiger partial charge in [-0.25, -0.2) is 0 Å². The Balaban J connectivity index is 2.11. The Morgan fingerprint density at radius 3 is 2.77 bits per heavy atom. The van der Waals surface area contributed by atoms with E-state index in [1.165, 1.54) is 6.42 Å². The van der Waals surface area contributed by atoms with E-state index in [2.05, 4.69) is 4.18 Å². The average molecular weight is 208 g/mol. The first kappa shape index (κ1) is 10.9. The van der Waals surface area contributed by atoms with Crippen LogP contribution >= 0.6 is 0 Å². The minimum atomic E-state index is -3.28. The normalized spacial score (nSPS) is 24.5. The molecule has 1 rings (SSSR count). The second kappa shape index (κ2) is 4.93. The zero-order valence-electron chi connectivity index (χ0n) is 7.86. The molecule has 0 radical (unpaired) electrons. The van der Waals surface area contributed by atoms with Gasteiger partial charge in [-0.15, -0.1) is 0 Å². The highest BCUT2D eigenvalue weighted by Gasteiger charge is 2.14. The summed E-state index contributed by atoms with van der Waals surface area (Å²) in [5.74, 6) is 0. The van der Waals surface area contributed by atoms with Crippen molar-refractivity contribution >= 4 is 10.1 Å². The number of hydrogen-bond acceptors (Lipinski definition) is 4. The van der Waals surface area contributed by atoms with E-state index < -0.39 is 10.1 Å². The van der Waals surface area contributed by atoms with Crippen LogP contribution in [0.4, 0.5) is 0 Å². The van der Waals surface area contributed by atoms with Gasteiger partial charge in [0.15, 0.2) is 0 Å². The Bertz CT molecular complexity index is 229. The largest absolute Gasteiger partial charge is 0.378 e. The lowest BCUT2D eigenvalue weighted by Gasteiger charge is -2.21. The molecule has 0 bridgehead atoms. The predicted octanol–water partition coefficient (Wildman–Crippen LogP) is 0.922. The number of hydrogen-bond donors (Lipinski definition) is 0. The van der Waals surface area contributed by atoms with E-state index in [9.17, 15) is 8.42 Å². The zero-order chi connectivity index (χ0) is 9.73. The summed E-state index contributed by atoms with van der Waals surface area (Å²) in [4.78, 5) is 0. The van der Waals surface area contributed by atoms with Gasteiger partial charge in [0.05, 0.1) is 19.0 Å². The summed E-state index contributed by atoms with van der Waals surface area (Å²) in [5, 5.41) is 0. The Labute approximate surface area is 79.3 Å². The first-order valence-electron chi connectivity index (χ1n) is 4.54. The van der Waals surface area contributed by atoms with Crippen LogP contribution in [0, 0.1) is 0 Å². The van der Waals surface area contributed by atoms with Gasteiger partial charge in [-0.05, 0) is 25.7 Å². The third-order valence-electron chi connectivity index (χ3n) is 2.01. The molecule has 0 saturated carbocycles. The molecule has 5 heteroatoms. The van der Waals surface area contributed by atoms with Crippen molar-refractivity contribution in [2.75, 3.05) is 19.5 Å². The first-order valence-corrected chi connectivity index (χ1v) is 6.35. The van der Waals surface area contributed by atoms with Crippen LogP contribution in [0.5, 0.6) is 0 Å². The summed E-state index contributed by atoms with van der Waals surface area (Å²) in [6, 6.07) is 0. The summed E-state index contributed by atoms with van der Waals surface area (Å²) in [6.45, 7) is 1.03. The highest BCUT2D eigenvalue weighted by atomic mass is 32.2. The molecule has 0 aromatic rings. The van der Waals surface area contributed by atoms with E-state index in [4.69, 9.17) is 4.74 Å². The summed E-state index contributed by atoms with van der Waals surface area (Å²) in [7, 11) is -3.28. The fourth-order valence-corrected chi connectivity index (χ4v) is 1.76. The van der Waals surface area contributed by atoms with Crippen LogP contribution in [0.3, 0.4) is 0 Å². The van der Waals surface area contributed by atoms with Gasteiger partial charge in [0.25, 0.3) is 10.1 Å². The lowest BCUT2D eigenvalue weighted by atomic mass is 10.1. The summed E-state index contributed by atoms with van der Waals surface area (Å²) in [6.07, 6.45) is 5.23. The fraction of sp³-hybridized carbons (Fsp3) is 1.00. The molecule has 4 nitrogen and oxygen atoms in total. The average Bonchev–Trinajstić information content (AvgIpc) is 2.04. The minimum absolute atomic E-state index is 0.190. The van der Waals surface area contributed by atoms with E-state index >= 15 is 0 Å². The third kappa shape index (κ3) is 5.23. The molecule has 0 aromatic heterocycles. The molecular weight excluding hydrogens is 192 g/mol. The van der Waals surface area contributed by atoms with E-state index in [0.717, 1.165) is 25.7 Å². The summed E-state index contributed by atoms with van der Waals surface area (Å²) < 4.78 is 31.3. The summed E-state index contributed by atoms with van der Waals surface area (Å²) >= 11 is 0. The van der Waals surface area contributed by atoms with E-state index in [0.29, 0.717) is 6.42 Å². The molecule has 1 heterocycles. The third-order valence-corrected chi connectivity index (χ3v) is 2.61. The Hall–Kier alpha value is -0.130. The topological polar surface area (TPSA) is 52.6 Å². The molecule has 0 amide bonds. The zero-order valence-corrected chi connectivity index (χ0v) is 8.68. The van der Waals surface area contributed by atoms with E-state index in [1.54, 1.807) is 0 Å². The molecular formula is C8H16O4S. The SMILES string of the molecule is CS(=O)(=O)OCCC1CCCCO1. The van der Waals surface area contributed by atoms with Gasteiger partial charge >= 0.3 is 0 Å². The van der Waals surface area contributed by atoms with Gasteiger partial charge in [0.2, 0.25) is 0 Å². The maximum Gasteiger partial charge on any atom is 0.264 e. The monoisotopic (exact) mass is 208 g/mol. The van der Waals surface area contributed by atoms with Crippen LogP contribution in [-0.4, -0.2) is 34.0 Å². The van der Waals surface area contributed by atoms with Crippen molar-refractivity contribution in [3.8, 4) is 0 Å². The standard InChI is InChI=1S/C8H16O4S/c1-13(9,10)12-7-5-8-4-2-3-6-11-8/h8H,2-7H2,1H3. The Kier molecular flexibility index (Phi) is 4.15. The van der Waals surface area contributed by atoms with Crippen molar-refractivity contribution in [3.05, 3.63) is 0 Å². The van der Waals surface area contributed by atoms with Crippen molar-refractivity contribution in [1.82, 2.24) is 0 Å². The van der Waals surface area contributed by atoms with E-state index in [1.807, 2.05) is 0 Å². The second-order valence-electron chi connectivity index (χ2n) is 3.30. The number of rotatable bonds is 4. The van der Waals surface area contributed by atoms with Gasteiger partial charge in [0, 0.05) is 6.61 Å². The highest BCUT2D eigenvalue weighted by molar-refractivity contribution is 7.85. The van der Waals surface area contributed by atoms with Crippen molar-refractivity contribution in [3.63, 3.8) is 0 Å². The van der Waals surface area contributed by atoms with Crippen LogP contribution in [-0.2, 0) is 19.0 Å². The van der Waals surface area contributed by atoms with Crippen LogP contribution in [0.2, 0.25) is 0 Å². The molecule has 0 aromatic carbocycles. The molecule has 1 saturated heterocycles. The predicted molar refractivity (Wildman–Crippen MR) is 49.0 cm³/mol. The van der Waals surface area contributed by atoms with E-state index in [-0.39, 0.29) is 12.7 Å². The maximum atomic E-state index is 10.6. The van der Waals surface area contributed by atoms with Gasteiger partial charge in [-0.1, -0.05) is 0 Å². The second-order valence-corrected chi connectivity index (χ2v) is 4.95. The first-order chi connectivity index (χ1) is 6.08. The minimum Gasteiger partial charge on any atom is -0.378 e. The van der Waals surface area contributed by atoms with Crippen molar-refractivity contribution in [1.29, 1.82) is 0 Å². The molecule has 1 aliphatic rings. The van der Waals surface area contributed by atoms with Crippen LogP contribution in [0.15, 0.2) is 0 Å². The smallest absolute Gasteiger partial charge is 0.264 e. The Morgan fingerprint density at radius 2 is 2.23 bits per heavy atom. The molecule has 13 heavy (non-hydrogen) atoms. The van der Waals surface area contributed by atoms with Gasteiger partial charge in [-0.2, -0.15) is 8.42 Å². The van der Waals surface area contributed by atoms with Crippen molar-refractivity contribution in [2.24, 2.45) is 0 Å². The van der Waals surface area contributed by atoms with Crippen molar-refractivity contribution in [2.45, 2.75) is 31.8 Å². The molecule has 1 fully saturated rings.